The summed E-state index contributed by atoms with van der Waals surface area (Å²) in [5, 5.41) is 0. The second-order valence-electron chi connectivity index (χ2n) is 4.82. The van der Waals surface area contributed by atoms with Gasteiger partial charge in [0, 0.05) is 11.5 Å². The van der Waals surface area contributed by atoms with Crippen molar-refractivity contribution in [1.29, 1.82) is 0 Å². The lowest BCUT2D eigenvalue weighted by Gasteiger charge is -2.36. The number of ether oxygens (including phenoxy) is 1. The first kappa shape index (κ1) is 11.8. The maximum absolute atomic E-state index is 5.82. The van der Waals surface area contributed by atoms with Gasteiger partial charge >= 0.3 is 0 Å². The number of rotatable bonds is 2. The molecule has 0 bridgehead atoms. The molecule has 2 nitrogen and oxygen atoms in total. The maximum Gasteiger partial charge on any atom is 0.143 e. The molecule has 3 heteroatoms. The molecular weight excluding hydrogens is 266 g/mol. The Bertz CT molecular complexity index is 378. The van der Waals surface area contributed by atoms with Crippen LogP contribution in [0.15, 0.2) is 22.7 Å². The average Bonchev–Trinajstić information content (AvgIpc) is 2.22. The van der Waals surface area contributed by atoms with Gasteiger partial charge in [0.2, 0.25) is 0 Å². The first-order valence-electron chi connectivity index (χ1n) is 5.73. The minimum absolute atomic E-state index is 0.494. The van der Waals surface area contributed by atoms with Crippen LogP contribution in [0.2, 0.25) is 0 Å². The normalized spacial score (nSPS) is 19.6. The predicted octanol–water partition coefficient (Wildman–Crippen LogP) is 3.69. The number of nitrogens with zero attached hydrogens (tertiary/aromatic N) is 1. The van der Waals surface area contributed by atoms with Gasteiger partial charge in [-0.05, 0) is 30.5 Å². The number of likely N-dealkylation sites (N-methyl/N-ethyl adjacent to an activating group) is 1. The summed E-state index contributed by atoms with van der Waals surface area (Å²) in [4.78, 5) is 2.34. The third-order valence-electron chi connectivity index (χ3n) is 3.02. The average molecular weight is 284 g/mol. The van der Waals surface area contributed by atoms with E-state index >= 15 is 0 Å². The fourth-order valence-electron chi connectivity index (χ4n) is 2.16. The summed E-state index contributed by atoms with van der Waals surface area (Å²) in [5.74, 6) is 1.69. The summed E-state index contributed by atoms with van der Waals surface area (Å²) >= 11 is 3.47. The van der Waals surface area contributed by atoms with Crippen molar-refractivity contribution in [3.8, 4) is 5.75 Å². The van der Waals surface area contributed by atoms with Crippen LogP contribution >= 0.6 is 15.9 Å². The lowest BCUT2D eigenvalue weighted by atomic mass is 10.0. The SMILES string of the molecule is CC(C)CC1COc2cc(Br)ccc2N1C. The van der Waals surface area contributed by atoms with E-state index in [4.69, 9.17) is 4.74 Å². The summed E-state index contributed by atoms with van der Waals surface area (Å²) in [6.07, 6.45) is 1.17. The highest BCUT2D eigenvalue weighted by atomic mass is 79.9. The standard InChI is InChI=1S/C13H18BrNO/c1-9(2)6-11-8-16-13-7-10(14)4-5-12(13)15(11)3/h4-5,7,9,11H,6,8H2,1-3H3. The van der Waals surface area contributed by atoms with Gasteiger partial charge in [0.05, 0.1) is 11.7 Å². The zero-order valence-corrected chi connectivity index (χ0v) is 11.6. The summed E-state index contributed by atoms with van der Waals surface area (Å²) in [7, 11) is 2.16. The molecule has 0 aromatic heterocycles. The van der Waals surface area contributed by atoms with Gasteiger partial charge in [0.15, 0.2) is 0 Å². The van der Waals surface area contributed by atoms with Crippen molar-refractivity contribution in [1.82, 2.24) is 0 Å². The fourth-order valence-corrected chi connectivity index (χ4v) is 2.50. The van der Waals surface area contributed by atoms with Gasteiger partial charge in [-0.3, -0.25) is 0 Å². The molecule has 0 saturated heterocycles. The molecule has 16 heavy (non-hydrogen) atoms. The number of hydrogen-bond donors (Lipinski definition) is 0. The lowest BCUT2D eigenvalue weighted by Crippen LogP contribution is -2.41. The molecule has 1 aromatic rings. The third-order valence-corrected chi connectivity index (χ3v) is 3.52. The molecule has 1 heterocycles. The molecule has 0 fully saturated rings. The highest BCUT2D eigenvalue weighted by Gasteiger charge is 2.25. The van der Waals surface area contributed by atoms with E-state index in [1.165, 1.54) is 12.1 Å². The van der Waals surface area contributed by atoms with Gasteiger partial charge < -0.3 is 9.64 Å². The van der Waals surface area contributed by atoms with E-state index in [1.54, 1.807) is 0 Å². The number of benzene rings is 1. The molecule has 0 aliphatic carbocycles. The molecule has 0 radical (unpaired) electrons. The number of fused-ring (bicyclic) bond motifs is 1. The smallest absolute Gasteiger partial charge is 0.143 e. The molecule has 1 atom stereocenters. The van der Waals surface area contributed by atoms with Crippen molar-refractivity contribution in [3.05, 3.63) is 22.7 Å². The van der Waals surface area contributed by atoms with Crippen LogP contribution in [-0.2, 0) is 0 Å². The van der Waals surface area contributed by atoms with E-state index in [2.05, 4.69) is 53.9 Å². The van der Waals surface area contributed by atoms with E-state index in [0.29, 0.717) is 12.0 Å². The van der Waals surface area contributed by atoms with Crippen molar-refractivity contribution in [2.75, 3.05) is 18.6 Å². The van der Waals surface area contributed by atoms with Gasteiger partial charge in [-0.25, -0.2) is 0 Å². The maximum atomic E-state index is 5.82. The van der Waals surface area contributed by atoms with Crippen molar-refractivity contribution < 1.29 is 4.74 Å². The van der Waals surface area contributed by atoms with Crippen LogP contribution in [0.5, 0.6) is 5.75 Å². The van der Waals surface area contributed by atoms with Crippen molar-refractivity contribution >= 4 is 21.6 Å². The van der Waals surface area contributed by atoms with E-state index in [0.717, 1.165) is 16.8 Å². The van der Waals surface area contributed by atoms with E-state index in [9.17, 15) is 0 Å². The van der Waals surface area contributed by atoms with E-state index in [1.807, 2.05) is 6.07 Å². The molecule has 1 aromatic carbocycles. The van der Waals surface area contributed by atoms with Crippen LogP contribution in [0.1, 0.15) is 20.3 Å². The minimum Gasteiger partial charge on any atom is -0.489 e. The Hall–Kier alpha value is -0.700. The van der Waals surface area contributed by atoms with Crippen LogP contribution in [-0.4, -0.2) is 19.7 Å². The molecule has 0 N–H and O–H groups in total. The molecule has 0 spiro atoms. The van der Waals surface area contributed by atoms with Gasteiger partial charge in [0.1, 0.15) is 12.4 Å². The van der Waals surface area contributed by atoms with Crippen LogP contribution in [0.25, 0.3) is 0 Å². The number of halogens is 1. The zero-order valence-electron chi connectivity index (χ0n) is 10.0. The quantitative estimate of drug-likeness (QED) is 0.821. The summed E-state index contributed by atoms with van der Waals surface area (Å²) < 4.78 is 6.89. The Morgan fingerprint density at radius 3 is 2.94 bits per heavy atom. The lowest BCUT2D eigenvalue weighted by molar-refractivity contribution is 0.249. The highest BCUT2D eigenvalue weighted by molar-refractivity contribution is 9.10. The number of anilines is 1. The Morgan fingerprint density at radius 1 is 1.50 bits per heavy atom. The third kappa shape index (κ3) is 2.34. The summed E-state index contributed by atoms with van der Waals surface area (Å²) in [6.45, 7) is 5.30. The van der Waals surface area contributed by atoms with Crippen molar-refractivity contribution in [3.63, 3.8) is 0 Å². The van der Waals surface area contributed by atoms with E-state index < -0.39 is 0 Å². The largest absolute Gasteiger partial charge is 0.489 e. The highest BCUT2D eigenvalue weighted by Crippen LogP contribution is 2.36. The second-order valence-corrected chi connectivity index (χ2v) is 5.73. The van der Waals surface area contributed by atoms with Gasteiger partial charge in [-0.1, -0.05) is 29.8 Å². The topological polar surface area (TPSA) is 12.5 Å². The molecule has 1 unspecified atom stereocenters. The van der Waals surface area contributed by atoms with Gasteiger partial charge in [0.25, 0.3) is 0 Å². The Morgan fingerprint density at radius 2 is 2.25 bits per heavy atom. The predicted molar refractivity (Wildman–Crippen MR) is 71.3 cm³/mol. The van der Waals surface area contributed by atoms with Crippen LogP contribution in [0.4, 0.5) is 5.69 Å². The van der Waals surface area contributed by atoms with Crippen LogP contribution in [0.3, 0.4) is 0 Å². The first-order chi connectivity index (χ1) is 7.58. The van der Waals surface area contributed by atoms with E-state index in [-0.39, 0.29) is 0 Å². The van der Waals surface area contributed by atoms with Gasteiger partial charge in [-0.15, -0.1) is 0 Å². The Labute approximate surface area is 106 Å². The molecule has 0 saturated carbocycles. The Kier molecular flexibility index (Phi) is 3.43. The van der Waals surface area contributed by atoms with Crippen LogP contribution in [0, 0.1) is 5.92 Å². The van der Waals surface area contributed by atoms with Crippen molar-refractivity contribution in [2.24, 2.45) is 5.92 Å². The minimum atomic E-state index is 0.494. The number of hydrogen-bond acceptors (Lipinski definition) is 2. The monoisotopic (exact) mass is 283 g/mol. The zero-order chi connectivity index (χ0) is 11.7. The molecule has 1 aliphatic heterocycles. The first-order valence-corrected chi connectivity index (χ1v) is 6.52. The van der Waals surface area contributed by atoms with Crippen LogP contribution < -0.4 is 9.64 Å². The summed E-state index contributed by atoms with van der Waals surface area (Å²) in [5.41, 5.74) is 1.19. The molecule has 88 valence electrons. The molecule has 0 amide bonds. The summed E-state index contributed by atoms with van der Waals surface area (Å²) in [6, 6.07) is 6.72. The van der Waals surface area contributed by atoms with Gasteiger partial charge in [-0.2, -0.15) is 0 Å². The fraction of sp³-hybridized carbons (Fsp3) is 0.538. The van der Waals surface area contributed by atoms with Crippen molar-refractivity contribution in [2.45, 2.75) is 26.3 Å². The second kappa shape index (κ2) is 4.66. The molecule has 2 rings (SSSR count). The Balaban J connectivity index is 2.22. The molecular formula is C13H18BrNO. The molecule has 1 aliphatic rings.